The summed E-state index contributed by atoms with van der Waals surface area (Å²) < 4.78 is 12.8. The molecule has 0 unspecified atom stereocenters. The zero-order valence-electron chi connectivity index (χ0n) is 9.66. The van der Waals surface area contributed by atoms with Gasteiger partial charge in [0.1, 0.15) is 0 Å². The molecule has 9 heteroatoms. The van der Waals surface area contributed by atoms with E-state index in [1.807, 2.05) is 6.33 Å². The standard InChI is InChI=1S/C11H6FN4O4/c12-10-13-4-14-11(16-10)15-7-2-1-5(8(17)18)3-6(7)9(19)20/h1-3H,(H,17,18)(H,19,20)(H,13,14,15,16). The van der Waals surface area contributed by atoms with E-state index in [4.69, 9.17) is 10.2 Å². The van der Waals surface area contributed by atoms with Crippen molar-refractivity contribution in [2.24, 2.45) is 0 Å². The third-order valence-corrected chi connectivity index (χ3v) is 2.24. The maximum atomic E-state index is 12.8. The predicted molar refractivity (Wildman–Crippen MR) is 62.3 cm³/mol. The van der Waals surface area contributed by atoms with Crippen LogP contribution in [0, 0.1) is 12.4 Å². The van der Waals surface area contributed by atoms with E-state index < -0.39 is 18.0 Å². The highest BCUT2D eigenvalue weighted by molar-refractivity contribution is 5.98. The number of rotatable bonds is 4. The number of anilines is 2. The van der Waals surface area contributed by atoms with Crippen LogP contribution in [-0.2, 0) is 0 Å². The highest BCUT2D eigenvalue weighted by atomic mass is 19.1. The van der Waals surface area contributed by atoms with Gasteiger partial charge in [0.05, 0.1) is 16.8 Å². The lowest BCUT2D eigenvalue weighted by atomic mass is 10.1. The molecule has 1 radical (unpaired) electrons. The molecule has 0 aliphatic rings. The SMILES string of the molecule is O=C(O)c1ccc(Nc2n[c]nc(F)n2)c(C(=O)O)c1. The van der Waals surface area contributed by atoms with Gasteiger partial charge in [0.25, 0.3) is 0 Å². The molecule has 1 aromatic carbocycles. The minimum Gasteiger partial charge on any atom is -0.478 e. The molecule has 0 saturated carbocycles. The molecule has 1 aromatic heterocycles. The molecule has 2 aromatic rings. The van der Waals surface area contributed by atoms with Gasteiger partial charge in [-0.05, 0) is 18.2 Å². The zero-order chi connectivity index (χ0) is 14.7. The fourth-order valence-electron chi connectivity index (χ4n) is 1.39. The van der Waals surface area contributed by atoms with Crippen LogP contribution in [0.5, 0.6) is 0 Å². The van der Waals surface area contributed by atoms with E-state index in [-0.39, 0.29) is 22.8 Å². The lowest BCUT2D eigenvalue weighted by Gasteiger charge is -2.08. The monoisotopic (exact) mass is 277 g/mol. The molecule has 3 N–H and O–H groups in total. The van der Waals surface area contributed by atoms with Crippen molar-refractivity contribution in [2.75, 3.05) is 5.32 Å². The number of halogens is 1. The average molecular weight is 277 g/mol. The van der Waals surface area contributed by atoms with E-state index in [9.17, 15) is 14.0 Å². The number of carboxylic acid groups (broad SMARTS) is 2. The highest BCUT2D eigenvalue weighted by Gasteiger charge is 2.15. The van der Waals surface area contributed by atoms with E-state index in [1.165, 1.54) is 12.1 Å². The maximum absolute atomic E-state index is 12.8. The van der Waals surface area contributed by atoms with Crippen LogP contribution in [0.1, 0.15) is 20.7 Å². The van der Waals surface area contributed by atoms with Crippen LogP contribution in [0.4, 0.5) is 16.0 Å². The number of hydrogen-bond donors (Lipinski definition) is 3. The fourth-order valence-corrected chi connectivity index (χ4v) is 1.39. The molecule has 0 spiro atoms. The van der Waals surface area contributed by atoms with Gasteiger partial charge < -0.3 is 15.5 Å². The lowest BCUT2D eigenvalue weighted by Crippen LogP contribution is -2.08. The molecule has 2 rings (SSSR count). The van der Waals surface area contributed by atoms with E-state index in [0.29, 0.717) is 0 Å². The molecule has 0 fully saturated rings. The Morgan fingerprint density at radius 2 is 1.95 bits per heavy atom. The van der Waals surface area contributed by atoms with Crippen LogP contribution < -0.4 is 5.32 Å². The van der Waals surface area contributed by atoms with E-state index in [2.05, 4.69) is 20.3 Å². The highest BCUT2D eigenvalue weighted by Crippen LogP contribution is 2.20. The molecule has 0 bridgehead atoms. The second-order valence-electron chi connectivity index (χ2n) is 3.52. The van der Waals surface area contributed by atoms with Crippen molar-refractivity contribution in [3.05, 3.63) is 41.7 Å². The summed E-state index contributed by atoms with van der Waals surface area (Å²) in [6.07, 6.45) is 0.904. The number of carbonyl (C=O) groups is 2. The van der Waals surface area contributed by atoms with Crippen molar-refractivity contribution >= 4 is 23.6 Å². The van der Waals surface area contributed by atoms with Crippen LogP contribution in [0.2, 0.25) is 0 Å². The Labute approximate surface area is 111 Å². The third kappa shape index (κ3) is 2.83. The largest absolute Gasteiger partial charge is 0.478 e. The van der Waals surface area contributed by atoms with Gasteiger partial charge in [-0.25, -0.2) is 9.59 Å². The number of hydrogen-bond acceptors (Lipinski definition) is 6. The number of carboxylic acids is 2. The maximum Gasteiger partial charge on any atom is 0.337 e. The first-order valence-corrected chi connectivity index (χ1v) is 5.12. The Hall–Kier alpha value is -3.10. The van der Waals surface area contributed by atoms with Gasteiger partial charge in [-0.15, -0.1) is 0 Å². The minimum atomic E-state index is -1.35. The van der Waals surface area contributed by atoms with Crippen molar-refractivity contribution in [3.63, 3.8) is 0 Å². The summed E-state index contributed by atoms with van der Waals surface area (Å²) in [4.78, 5) is 31.7. The van der Waals surface area contributed by atoms with E-state index >= 15 is 0 Å². The Kier molecular flexibility index (Phi) is 3.51. The summed E-state index contributed by atoms with van der Waals surface area (Å²) in [5.41, 5.74) is -0.492. The van der Waals surface area contributed by atoms with Gasteiger partial charge in [0, 0.05) is 0 Å². The third-order valence-electron chi connectivity index (χ3n) is 2.24. The number of nitrogens with zero attached hydrogens (tertiary/aromatic N) is 3. The van der Waals surface area contributed by atoms with Gasteiger partial charge in [0.2, 0.25) is 12.3 Å². The lowest BCUT2D eigenvalue weighted by molar-refractivity contribution is 0.0696. The summed E-state index contributed by atoms with van der Waals surface area (Å²) in [5, 5.41) is 20.3. The Bertz CT molecular complexity index is 692. The van der Waals surface area contributed by atoms with Crippen molar-refractivity contribution in [1.29, 1.82) is 0 Å². The molecule has 0 amide bonds. The summed E-state index contributed by atoms with van der Waals surface area (Å²) in [6.45, 7) is 0. The number of nitrogens with one attached hydrogen (secondary N) is 1. The molecule has 8 nitrogen and oxygen atoms in total. The van der Waals surface area contributed by atoms with Crippen molar-refractivity contribution < 1.29 is 24.2 Å². The normalized spacial score (nSPS) is 10.1. The van der Waals surface area contributed by atoms with Crippen molar-refractivity contribution in [1.82, 2.24) is 15.0 Å². The first-order chi connectivity index (χ1) is 9.47. The van der Waals surface area contributed by atoms with Crippen molar-refractivity contribution in [3.8, 4) is 0 Å². The number of aromatic carboxylic acids is 2. The van der Waals surface area contributed by atoms with Crippen LogP contribution >= 0.6 is 0 Å². The molecule has 20 heavy (non-hydrogen) atoms. The first kappa shape index (κ1) is 13.3. The second-order valence-corrected chi connectivity index (χ2v) is 3.52. The van der Waals surface area contributed by atoms with Crippen molar-refractivity contribution in [2.45, 2.75) is 0 Å². The van der Waals surface area contributed by atoms with E-state index in [1.54, 1.807) is 0 Å². The number of benzene rings is 1. The van der Waals surface area contributed by atoms with Gasteiger partial charge in [0.15, 0.2) is 0 Å². The first-order valence-electron chi connectivity index (χ1n) is 5.12. The predicted octanol–water partition coefficient (Wildman–Crippen LogP) is 0.951. The Morgan fingerprint density at radius 3 is 2.55 bits per heavy atom. The molecule has 1 heterocycles. The van der Waals surface area contributed by atoms with Crippen LogP contribution in [-0.4, -0.2) is 37.1 Å². The molecule has 0 aliphatic heterocycles. The summed E-state index contributed by atoms with van der Waals surface area (Å²) in [7, 11) is 0. The molecule has 101 valence electrons. The van der Waals surface area contributed by atoms with Gasteiger partial charge in [-0.3, -0.25) is 0 Å². The van der Waals surface area contributed by atoms with Crippen LogP contribution in [0.3, 0.4) is 0 Å². The second kappa shape index (κ2) is 5.26. The topological polar surface area (TPSA) is 125 Å². The zero-order valence-corrected chi connectivity index (χ0v) is 9.66. The van der Waals surface area contributed by atoms with E-state index in [0.717, 1.165) is 6.07 Å². The average Bonchev–Trinajstić information content (AvgIpc) is 2.38. The van der Waals surface area contributed by atoms with Crippen LogP contribution in [0.25, 0.3) is 0 Å². The molecular weight excluding hydrogens is 271 g/mol. The molecule has 0 saturated heterocycles. The van der Waals surface area contributed by atoms with Crippen LogP contribution in [0.15, 0.2) is 18.2 Å². The summed E-state index contributed by atoms with van der Waals surface area (Å²) in [5.74, 6) is -2.87. The van der Waals surface area contributed by atoms with Gasteiger partial charge in [-0.1, -0.05) is 0 Å². The molecular formula is C11H6FN4O4. The smallest absolute Gasteiger partial charge is 0.337 e. The Balaban J connectivity index is 2.41. The molecule has 0 aliphatic carbocycles. The van der Waals surface area contributed by atoms with Gasteiger partial charge in [-0.2, -0.15) is 19.3 Å². The summed E-state index contributed by atoms with van der Waals surface area (Å²) in [6, 6.07) is 3.38. The Morgan fingerprint density at radius 1 is 1.20 bits per heavy atom. The number of aromatic nitrogens is 3. The summed E-state index contributed by atoms with van der Waals surface area (Å²) >= 11 is 0. The fraction of sp³-hybridized carbons (Fsp3) is 0. The molecule has 0 atom stereocenters. The quantitative estimate of drug-likeness (QED) is 0.754. The minimum absolute atomic E-state index is 0.0153. The van der Waals surface area contributed by atoms with Gasteiger partial charge >= 0.3 is 18.0 Å².